The molecule has 0 aliphatic carbocycles. The minimum absolute atomic E-state index is 0.0193. The number of nitrogens with two attached hydrogens (primary N) is 4. The van der Waals surface area contributed by atoms with Crippen molar-refractivity contribution < 1.29 is 48.3 Å². The van der Waals surface area contributed by atoms with Crippen molar-refractivity contribution in [2.75, 3.05) is 31.6 Å². The number of carboxylic acid groups (broad SMARTS) is 1. The number of hydrogen-bond acceptors (Lipinski definition) is 15. The Kier molecular flexibility index (Phi) is 29.2. The van der Waals surface area contributed by atoms with Crippen LogP contribution in [0, 0.1) is 16.2 Å². The third kappa shape index (κ3) is 27.0. The first kappa shape index (κ1) is 64.5. The van der Waals surface area contributed by atoms with Gasteiger partial charge in [0.25, 0.3) is 0 Å². The lowest BCUT2D eigenvalue weighted by Gasteiger charge is -2.27. The molecular weight excluding hydrogens is 1020 g/mol. The monoisotopic (exact) mass is 1100 g/mol. The standard InChI is InChI=1S/C47H73N19O10S/c1-26(58-43(75)36(25-37(68)69)64-42(74)34(19-23-77-3)62-40(72)32(59-27(2)67)13-8-21-56-46(51)52)39(71)61-33(14-9-22-57-47(53)54)41(73)63-35(44(76)60-31(38(48)70)12-7-20-55-45(49)50)24-28-15-17-30(18-16-28)66-65-29-10-5-4-6-11-29/h4-6,10-11,15-18,26,31-36H,7-9,12-14,19-25H2,1-3H3,(H2,48,70)(H,58,75)(H,59,67)(H,60,76)(H,61,71)(H,62,72)(H,63,73)(H,64,74)(H,68,69)(H4,49,50,55)(H4,51,52,56)(H4,53,54,57)/b66-65+. The number of rotatable bonds is 35. The van der Waals surface area contributed by atoms with Gasteiger partial charge in [0.2, 0.25) is 47.3 Å². The van der Waals surface area contributed by atoms with Crippen molar-refractivity contribution in [3.63, 3.8) is 0 Å². The molecule has 0 spiro atoms. The minimum Gasteiger partial charge on any atom is -0.481 e. The zero-order valence-electron chi connectivity index (χ0n) is 43.2. The average molecular weight is 1100 g/mol. The van der Waals surface area contributed by atoms with E-state index in [9.17, 15) is 48.3 Å². The van der Waals surface area contributed by atoms with Crippen LogP contribution in [0.2, 0.25) is 0 Å². The first-order chi connectivity index (χ1) is 36.5. The summed E-state index contributed by atoms with van der Waals surface area (Å²) in [6.07, 6.45) is 1.30. The Bertz CT molecular complexity index is 2380. The number of carbonyl (C=O) groups is 9. The molecule has 2 rings (SSSR count). The van der Waals surface area contributed by atoms with Crippen molar-refractivity contribution in [2.45, 2.75) is 114 Å². The van der Waals surface area contributed by atoms with Crippen LogP contribution in [0.15, 0.2) is 64.8 Å². The van der Waals surface area contributed by atoms with E-state index in [1.165, 1.54) is 25.6 Å². The number of guanidine groups is 3. The fraction of sp³-hybridized carbons (Fsp3) is 0.489. The first-order valence-electron chi connectivity index (χ1n) is 24.4. The first-order valence-corrected chi connectivity index (χ1v) is 25.8. The van der Waals surface area contributed by atoms with Gasteiger partial charge in [-0.1, -0.05) is 30.3 Å². The van der Waals surface area contributed by atoms with E-state index in [1.54, 1.807) is 54.8 Å². The van der Waals surface area contributed by atoms with E-state index in [0.29, 0.717) is 22.7 Å². The summed E-state index contributed by atoms with van der Waals surface area (Å²) in [4.78, 5) is 119. The molecule has 2 aromatic carbocycles. The van der Waals surface area contributed by atoms with Gasteiger partial charge in [0, 0.05) is 33.0 Å². The van der Waals surface area contributed by atoms with Crippen molar-refractivity contribution in [1.82, 2.24) is 53.2 Å². The lowest BCUT2D eigenvalue weighted by Crippen LogP contribution is -2.60. The summed E-state index contributed by atoms with van der Waals surface area (Å²) in [6, 6.07) is 5.75. The second-order valence-electron chi connectivity index (χ2n) is 17.4. The Morgan fingerprint density at radius 1 is 0.532 bits per heavy atom. The molecule has 30 heteroatoms. The fourth-order valence-corrected chi connectivity index (χ4v) is 7.54. The van der Waals surface area contributed by atoms with E-state index in [1.807, 2.05) is 6.07 Å². The number of carboxylic acids is 1. The van der Waals surface area contributed by atoms with E-state index in [2.05, 4.69) is 63.4 Å². The number of benzene rings is 2. The zero-order valence-corrected chi connectivity index (χ0v) is 44.0. The summed E-state index contributed by atoms with van der Waals surface area (Å²) < 4.78 is 0. The quantitative estimate of drug-likeness (QED) is 0.0148. The molecule has 7 unspecified atom stereocenters. The van der Waals surface area contributed by atoms with Crippen LogP contribution in [0.1, 0.15) is 70.8 Å². The molecule has 0 radical (unpaired) electrons. The second kappa shape index (κ2) is 34.8. The van der Waals surface area contributed by atoms with Crippen LogP contribution in [0.5, 0.6) is 0 Å². The van der Waals surface area contributed by atoms with Gasteiger partial charge >= 0.3 is 5.97 Å². The van der Waals surface area contributed by atoms with Gasteiger partial charge in [-0.2, -0.15) is 22.0 Å². The Labute approximate surface area is 449 Å². The number of nitrogens with zero attached hydrogens (tertiary/aromatic N) is 2. The SMILES string of the molecule is CSCCC(NC(=O)C(CCCNC(=N)N)NC(C)=O)C(=O)NC(CC(=O)O)C(=O)NC(C)C(=O)NC(CCCNC(=N)N)C(=O)NC(Cc1ccc(/N=N/c2ccccc2)cc1)C(=O)NC(CCCNC(=N)N)C(N)=O. The normalized spacial score (nSPS) is 13.5. The van der Waals surface area contributed by atoms with Crippen LogP contribution in [-0.2, 0) is 49.6 Å². The zero-order chi connectivity index (χ0) is 57.5. The molecule has 0 aliphatic heterocycles. The highest BCUT2D eigenvalue weighted by Crippen LogP contribution is 2.19. The van der Waals surface area contributed by atoms with Gasteiger partial charge < -0.3 is 81.2 Å². The highest BCUT2D eigenvalue weighted by Gasteiger charge is 2.34. The van der Waals surface area contributed by atoms with Crippen molar-refractivity contribution in [3.05, 3.63) is 60.2 Å². The molecule has 29 nitrogen and oxygen atoms in total. The highest BCUT2D eigenvalue weighted by molar-refractivity contribution is 7.98. The van der Waals surface area contributed by atoms with Gasteiger partial charge in [0.15, 0.2) is 17.9 Å². The molecular formula is C47H73N19O10S. The van der Waals surface area contributed by atoms with Gasteiger partial charge in [-0.15, -0.1) is 0 Å². The van der Waals surface area contributed by atoms with Crippen molar-refractivity contribution in [3.8, 4) is 0 Å². The van der Waals surface area contributed by atoms with Crippen LogP contribution in [-0.4, -0.2) is 150 Å². The van der Waals surface area contributed by atoms with Gasteiger partial charge in [-0.25, -0.2) is 0 Å². The number of azo groups is 1. The molecule has 7 atom stereocenters. The third-order valence-electron chi connectivity index (χ3n) is 11.0. The summed E-state index contributed by atoms with van der Waals surface area (Å²) >= 11 is 1.33. The smallest absolute Gasteiger partial charge is 0.305 e. The molecule has 0 aliphatic rings. The van der Waals surface area contributed by atoms with Gasteiger partial charge in [0.1, 0.15) is 42.3 Å². The molecule has 8 amide bonds. The lowest BCUT2D eigenvalue weighted by atomic mass is 10.0. The maximum atomic E-state index is 14.3. The number of amides is 8. The highest BCUT2D eigenvalue weighted by atomic mass is 32.2. The van der Waals surface area contributed by atoms with Crippen molar-refractivity contribution >= 4 is 94.2 Å². The number of hydrogen-bond donors (Lipinski definition) is 18. The summed E-state index contributed by atoms with van der Waals surface area (Å²) in [5, 5.41) is 65.7. The summed E-state index contributed by atoms with van der Waals surface area (Å²) in [6.45, 7) is 2.87. The topological polar surface area (TPSA) is 495 Å². The summed E-state index contributed by atoms with van der Waals surface area (Å²) in [7, 11) is 0. The molecule has 22 N–H and O–H groups in total. The van der Waals surface area contributed by atoms with Gasteiger partial charge in [-0.05, 0) is 93.7 Å². The van der Waals surface area contributed by atoms with Crippen LogP contribution in [0.4, 0.5) is 11.4 Å². The maximum Gasteiger partial charge on any atom is 0.305 e. The third-order valence-corrected chi connectivity index (χ3v) is 11.6. The van der Waals surface area contributed by atoms with Crippen molar-refractivity contribution in [1.29, 1.82) is 16.2 Å². The number of carbonyl (C=O) groups excluding carboxylic acids is 8. The van der Waals surface area contributed by atoms with E-state index < -0.39 is 102 Å². The molecule has 2 aromatic rings. The van der Waals surface area contributed by atoms with Crippen LogP contribution in [0.3, 0.4) is 0 Å². The van der Waals surface area contributed by atoms with Crippen LogP contribution in [0.25, 0.3) is 0 Å². The fourth-order valence-electron chi connectivity index (χ4n) is 7.06. The Balaban J connectivity index is 2.39. The van der Waals surface area contributed by atoms with Gasteiger partial charge in [-0.3, -0.25) is 59.4 Å². The maximum absolute atomic E-state index is 14.3. The predicted molar refractivity (Wildman–Crippen MR) is 288 cm³/mol. The van der Waals surface area contributed by atoms with Crippen molar-refractivity contribution in [2.24, 2.45) is 33.2 Å². The van der Waals surface area contributed by atoms with E-state index in [-0.39, 0.29) is 88.9 Å². The average Bonchev–Trinajstić information content (AvgIpc) is 3.36. The number of aliphatic carboxylic acids is 1. The molecule has 0 aromatic heterocycles. The molecule has 0 fully saturated rings. The molecule has 0 bridgehead atoms. The second-order valence-corrected chi connectivity index (χ2v) is 18.4. The summed E-state index contributed by atoms with van der Waals surface area (Å²) in [5.41, 5.74) is 23.4. The Hall–Kier alpha value is -8.57. The molecule has 0 saturated heterocycles. The molecule has 0 heterocycles. The Morgan fingerprint density at radius 2 is 0.935 bits per heavy atom. The lowest BCUT2D eigenvalue weighted by molar-refractivity contribution is -0.141. The van der Waals surface area contributed by atoms with Gasteiger partial charge in [0.05, 0.1) is 17.8 Å². The van der Waals surface area contributed by atoms with E-state index in [0.717, 1.165) is 0 Å². The predicted octanol–water partition coefficient (Wildman–Crippen LogP) is -2.42. The summed E-state index contributed by atoms with van der Waals surface area (Å²) in [5.74, 6) is -9.08. The van der Waals surface area contributed by atoms with E-state index in [4.69, 9.17) is 39.2 Å². The molecule has 0 saturated carbocycles. The number of thioether (sulfide) groups is 1. The Morgan fingerprint density at radius 3 is 1.40 bits per heavy atom. The minimum atomic E-state index is -1.79. The van der Waals surface area contributed by atoms with Crippen LogP contribution >= 0.6 is 11.8 Å². The number of nitrogens with one attached hydrogen (secondary N) is 13. The largest absolute Gasteiger partial charge is 0.481 e. The molecule has 77 heavy (non-hydrogen) atoms. The number of primary amides is 1. The van der Waals surface area contributed by atoms with Crippen LogP contribution < -0.4 is 76.1 Å². The molecule has 422 valence electrons. The van der Waals surface area contributed by atoms with E-state index >= 15 is 0 Å².